The van der Waals surface area contributed by atoms with Gasteiger partial charge in [-0.25, -0.2) is 14.4 Å². The minimum absolute atomic E-state index is 0.0850. The number of nitrogens with zero attached hydrogens (tertiary/aromatic N) is 5. The van der Waals surface area contributed by atoms with Crippen molar-refractivity contribution in [2.75, 3.05) is 30.8 Å². The fourth-order valence-electron chi connectivity index (χ4n) is 6.06. The Morgan fingerprint density at radius 3 is 2.90 bits per heavy atom. The second kappa shape index (κ2) is 10.5. The molecule has 1 saturated heterocycles. The summed E-state index contributed by atoms with van der Waals surface area (Å²) in [5, 5.41) is 2.02. The van der Waals surface area contributed by atoms with Crippen molar-refractivity contribution in [3.63, 3.8) is 0 Å². The van der Waals surface area contributed by atoms with E-state index in [-0.39, 0.29) is 34.7 Å². The number of rotatable bonds is 7. The van der Waals surface area contributed by atoms with E-state index in [1.807, 2.05) is 28.0 Å². The Bertz CT molecular complexity index is 1880. The molecule has 0 aliphatic carbocycles. The number of benzene rings is 1. The van der Waals surface area contributed by atoms with Crippen molar-refractivity contribution < 1.29 is 18.3 Å². The molecule has 6 heterocycles. The lowest BCUT2D eigenvalue weighted by Gasteiger charge is -2.40. The van der Waals surface area contributed by atoms with Crippen LogP contribution in [-0.4, -0.2) is 45.5 Å². The molecule has 0 bridgehead atoms. The first-order chi connectivity index (χ1) is 20.4. The number of aromatic nitrogens is 3. The van der Waals surface area contributed by atoms with Crippen molar-refractivity contribution in [2.24, 2.45) is 0 Å². The molecule has 1 unspecified atom stereocenters. The first kappa shape index (κ1) is 26.6. The lowest BCUT2D eigenvalue weighted by molar-refractivity contribution is 0.158. The second-order valence-electron chi connectivity index (χ2n) is 10.7. The van der Waals surface area contributed by atoms with Crippen molar-refractivity contribution in [3.05, 3.63) is 86.8 Å². The molecule has 2 N–H and O–H groups in total. The van der Waals surface area contributed by atoms with Crippen LogP contribution in [0.1, 0.15) is 29.7 Å². The number of methoxy groups -OCH3 is 1. The summed E-state index contributed by atoms with van der Waals surface area (Å²) in [4.78, 5) is 27.8. The monoisotopic (exact) mass is 590 g/mol. The van der Waals surface area contributed by atoms with E-state index in [1.54, 1.807) is 25.6 Å². The fraction of sp³-hybridized carbons (Fsp3) is 0.300. The highest BCUT2D eigenvalue weighted by molar-refractivity contribution is 7.15. The van der Waals surface area contributed by atoms with Gasteiger partial charge in [0.05, 0.1) is 30.1 Å². The third-order valence-corrected chi connectivity index (χ3v) is 9.16. The van der Waals surface area contributed by atoms with Gasteiger partial charge in [0.2, 0.25) is 11.7 Å². The zero-order valence-corrected chi connectivity index (χ0v) is 23.7. The summed E-state index contributed by atoms with van der Waals surface area (Å²) in [5.74, 6) is -1.41. The smallest absolute Gasteiger partial charge is 0.213 e. The predicted molar refractivity (Wildman–Crippen MR) is 157 cm³/mol. The number of ether oxygens (including phenoxy) is 2. The molecule has 2 aliphatic rings. The Morgan fingerprint density at radius 2 is 2.10 bits per heavy atom. The summed E-state index contributed by atoms with van der Waals surface area (Å²) >= 11 is 1.42. The highest BCUT2D eigenvalue weighted by Crippen LogP contribution is 2.38. The maximum Gasteiger partial charge on any atom is 0.213 e. The molecular weight excluding hydrogens is 562 g/mol. The third kappa shape index (κ3) is 4.51. The fourth-order valence-corrected chi connectivity index (χ4v) is 7.09. The first-order valence-corrected chi connectivity index (χ1v) is 14.6. The normalized spacial score (nSPS) is 16.5. The van der Waals surface area contributed by atoms with Crippen LogP contribution in [0.15, 0.2) is 52.9 Å². The highest BCUT2D eigenvalue weighted by atomic mass is 32.1. The van der Waals surface area contributed by atoms with Crippen LogP contribution in [-0.2, 0) is 19.7 Å². The highest BCUT2D eigenvalue weighted by Gasteiger charge is 2.31. The van der Waals surface area contributed by atoms with E-state index in [1.165, 1.54) is 11.3 Å². The molecule has 1 aromatic carbocycles. The minimum Gasteiger partial charge on any atom is -0.482 e. The van der Waals surface area contributed by atoms with Crippen LogP contribution < -0.4 is 25.5 Å². The van der Waals surface area contributed by atoms with Crippen molar-refractivity contribution in [3.8, 4) is 11.6 Å². The van der Waals surface area contributed by atoms with Gasteiger partial charge < -0.3 is 20.1 Å². The van der Waals surface area contributed by atoms with Gasteiger partial charge in [0.1, 0.15) is 22.8 Å². The summed E-state index contributed by atoms with van der Waals surface area (Å²) in [7, 11) is 1.58. The second-order valence-corrected chi connectivity index (χ2v) is 11.5. The number of piperidine rings is 1. The molecule has 7 rings (SSSR count). The number of nitrogen functional groups attached to an aromatic ring is 1. The van der Waals surface area contributed by atoms with Crippen LogP contribution in [0, 0.1) is 11.6 Å². The standard InChI is InChI=1S/C30H28F2N6O3S/c1-40-25-9-17(6-7-34-25)12-37(19-3-2-8-36(13-19)18-4-5-24(33)35-11-18)14-22-28(39)21-10-23(31)26(32)29-27(21)38-20(15-41-29)16-42-30(22)38/h4-7,9-11,16,19H,2-3,8,12-15H2,1H3,(H2,33,35). The Morgan fingerprint density at radius 1 is 1.21 bits per heavy atom. The van der Waals surface area contributed by atoms with Gasteiger partial charge in [-0.2, -0.15) is 4.39 Å². The van der Waals surface area contributed by atoms with Gasteiger partial charge >= 0.3 is 0 Å². The van der Waals surface area contributed by atoms with Crippen LogP contribution in [0.2, 0.25) is 0 Å². The van der Waals surface area contributed by atoms with Crippen LogP contribution in [0.4, 0.5) is 20.3 Å². The number of thiazole rings is 1. The molecule has 9 nitrogen and oxygen atoms in total. The van der Waals surface area contributed by atoms with Gasteiger partial charge in [-0.15, -0.1) is 11.3 Å². The zero-order chi connectivity index (χ0) is 29.0. The largest absolute Gasteiger partial charge is 0.482 e. The first-order valence-electron chi connectivity index (χ1n) is 13.7. The van der Waals surface area contributed by atoms with Crippen LogP contribution in [0.3, 0.4) is 0 Å². The number of hydrogen-bond acceptors (Lipinski definition) is 9. The van der Waals surface area contributed by atoms with Crippen molar-refractivity contribution in [1.29, 1.82) is 0 Å². The Kier molecular flexibility index (Phi) is 6.66. The summed E-state index contributed by atoms with van der Waals surface area (Å²) in [6.07, 6.45) is 5.37. The third-order valence-electron chi connectivity index (χ3n) is 8.12. The van der Waals surface area contributed by atoms with Gasteiger partial charge in [0.25, 0.3) is 0 Å². The summed E-state index contributed by atoms with van der Waals surface area (Å²) in [6.45, 7) is 2.55. The maximum absolute atomic E-state index is 14.7. The zero-order valence-electron chi connectivity index (χ0n) is 22.8. The van der Waals surface area contributed by atoms with Crippen LogP contribution in [0.5, 0.6) is 11.6 Å². The molecule has 0 radical (unpaired) electrons. The number of pyridine rings is 3. The molecule has 42 heavy (non-hydrogen) atoms. The van der Waals surface area contributed by atoms with E-state index in [9.17, 15) is 13.6 Å². The van der Waals surface area contributed by atoms with E-state index in [2.05, 4.69) is 19.8 Å². The van der Waals surface area contributed by atoms with Crippen LogP contribution in [0.25, 0.3) is 15.7 Å². The molecule has 4 aromatic heterocycles. The molecule has 12 heteroatoms. The SMILES string of the molecule is COc1cc(CN(Cc2c(=O)c3cc(F)c(F)c4c3n3c(csc23)CO4)C2CCCN(c3ccc(N)nc3)C2)ccn1. The van der Waals surface area contributed by atoms with Gasteiger partial charge in [-0.05, 0) is 42.7 Å². The Hall–Kier alpha value is -4.29. The molecule has 1 fully saturated rings. The predicted octanol–water partition coefficient (Wildman–Crippen LogP) is 4.74. The average molecular weight is 591 g/mol. The summed E-state index contributed by atoms with van der Waals surface area (Å²) in [6, 6.07) is 8.68. The number of anilines is 2. The molecular formula is C30H28F2N6O3S. The van der Waals surface area contributed by atoms with E-state index in [0.717, 1.165) is 48.9 Å². The Balaban J connectivity index is 1.32. The summed E-state index contributed by atoms with van der Waals surface area (Å²) in [5.41, 5.74) is 9.10. The maximum atomic E-state index is 14.7. The van der Waals surface area contributed by atoms with Crippen molar-refractivity contribution in [2.45, 2.75) is 38.6 Å². The van der Waals surface area contributed by atoms with Crippen molar-refractivity contribution in [1.82, 2.24) is 19.3 Å². The molecule has 0 saturated carbocycles. The molecule has 0 amide bonds. The van der Waals surface area contributed by atoms with Crippen molar-refractivity contribution >= 4 is 38.6 Å². The molecule has 1 atom stereocenters. The van der Waals surface area contributed by atoms with Gasteiger partial charge in [0.15, 0.2) is 17.0 Å². The molecule has 2 aliphatic heterocycles. The minimum atomic E-state index is -1.10. The van der Waals surface area contributed by atoms with E-state index in [0.29, 0.717) is 35.2 Å². The van der Waals surface area contributed by atoms with E-state index >= 15 is 0 Å². The number of hydrogen-bond donors (Lipinski definition) is 1. The summed E-state index contributed by atoms with van der Waals surface area (Å²) < 4.78 is 42.2. The lowest BCUT2D eigenvalue weighted by Crippen LogP contribution is -2.48. The average Bonchev–Trinajstić information content (AvgIpc) is 3.45. The Labute approximate surface area is 243 Å². The van der Waals surface area contributed by atoms with E-state index < -0.39 is 11.6 Å². The van der Waals surface area contributed by atoms with Crippen LogP contribution >= 0.6 is 11.3 Å². The van der Waals surface area contributed by atoms with Gasteiger partial charge in [-0.3, -0.25) is 14.1 Å². The van der Waals surface area contributed by atoms with Gasteiger partial charge in [0, 0.05) is 55.4 Å². The molecule has 216 valence electrons. The quantitative estimate of drug-likeness (QED) is 0.291. The molecule has 5 aromatic rings. The topological polar surface area (TPSA) is 98.2 Å². The lowest BCUT2D eigenvalue weighted by atomic mass is 10.0. The molecule has 0 spiro atoms. The van der Waals surface area contributed by atoms with Gasteiger partial charge in [-0.1, -0.05) is 0 Å². The number of halogens is 2. The van der Waals surface area contributed by atoms with E-state index in [4.69, 9.17) is 15.2 Å². The number of nitrogens with two attached hydrogens (primary N) is 1.